The molecule has 0 amide bonds. The minimum atomic E-state index is 0.435. The van der Waals surface area contributed by atoms with Crippen LogP contribution in [-0.2, 0) is 6.54 Å². The van der Waals surface area contributed by atoms with Gasteiger partial charge < -0.3 is 5.32 Å². The minimum Gasteiger partial charge on any atom is -0.350 e. The van der Waals surface area contributed by atoms with Gasteiger partial charge >= 0.3 is 0 Å². The number of likely N-dealkylation sites (tertiary alicyclic amines) is 1. The van der Waals surface area contributed by atoms with Gasteiger partial charge in [-0.2, -0.15) is 0 Å². The Hall–Kier alpha value is -1.94. The summed E-state index contributed by atoms with van der Waals surface area (Å²) in [7, 11) is 0. The van der Waals surface area contributed by atoms with Crippen LogP contribution in [0, 0.1) is 6.92 Å². The topological polar surface area (TPSA) is 41.1 Å². The first-order chi connectivity index (χ1) is 10.3. The second kappa shape index (κ2) is 6.68. The number of benzene rings is 1. The number of aryl methyl sites for hydroxylation is 1. The maximum Gasteiger partial charge on any atom is 0.222 e. The van der Waals surface area contributed by atoms with Crippen molar-refractivity contribution in [2.24, 2.45) is 0 Å². The van der Waals surface area contributed by atoms with E-state index in [1.54, 1.807) is 0 Å². The Bertz CT molecular complexity index is 553. The van der Waals surface area contributed by atoms with Crippen molar-refractivity contribution >= 4 is 5.95 Å². The molecule has 0 radical (unpaired) electrons. The summed E-state index contributed by atoms with van der Waals surface area (Å²) >= 11 is 0. The van der Waals surface area contributed by atoms with Gasteiger partial charge in [0.05, 0.1) is 0 Å². The summed E-state index contributed by atoms with van der Waals surface area (Å²) in [5.74, 6) is 0.743. The molecule has 4 nitrogen and oxygen atoms in total. The molecule has 4 heteroatoms. The fourth-order valence-corrected chi connectivity index (χ4v) is 2.81. The van der Waals surface area contributed by atoms with E-state index >= 15 is 0 Å². The van der Waals surface area contributed by atoms with Crippen LogP contribution in [0.15, 0.2) is 42.7 Å². The molecule has 21 heavy (non-hydrogen) atoms. The molecule has 1 aromatic carbocycles. The summed E-state index contributed by atoms with van der Waals surface area (Å²) in [4.78, 5) is 11.2. The molecular formula is C17H22N4. The van der Waals surface area contributed by atoms with E-state index in [4.69, 9.17) is 0 Å². The van der Waals surface area contributed by atoms with E-state index in [1.165, 1.54) is 24.9 Å². The first kappa shape index (κ1) is 14.0. The number of hydrogen-bond donors (Lipinski definition) is 1. The Morgan fingerprint density at radius 1 is 1.19 bits per heavy atom. The third kappa shape index (κ3) is 4.02. The van der Waals surface area contributed by atoms with Crippen LogP contribution in [0.5, 0.6) is 0 Å². The molecule has 1 saturated heterocycles. The molecular weight excluding hydrogens is 260 g/mol. The van der Waals surface area contributed by atoms with Crippen molar-refractivity contribution in [2.45, 2.75) is 32.4 Å². The van der Waals surface area contributed by atoms with Crippen LogP contribution < -0.4 is 5.32 Å². The Balaban J connectivity index is 1.57. The van der Waals surface area contributed by atoms with Crippen LogP contribution in [0.2, 0.25) is 0 Å². The molecule has 1 N–H and O–H groups in total. The quantitative estimate of drug-likeness (QED) is 0.936. The standard InChI is InChI=1S/C17H22N4/c1-14-10-18-17(19-11-14)20-16-8-5-9-21(13-16)12-15-6-3-2-4-7-15/h2-4,6-7,10-11,16H,5,8-9,12-13H2,1H3,(H,18,19,20). The molecule has 0 spiro atoms. The highest BCUT2D eigenvalue weighted by Crippen LogP contribution is 2.16. The van der Waals surface area contributed by atoms with E-state index < -0.39 is 0 Å². The summed E-state index contributed by atoms with van der Waals surface area (Å²) in [5.41, 5.74) is 2.47. The summed E-state index contributed by atoms with van der Waals surface area (Å²) in [6.07, 6.45) is 6.12. The predicted molar refractivity (Wildman–Crippen MR) is 85.1 cm³/mol. The summed E-state index contributed by atoms with van der Waals surface area (Å²) in [5, 5.41) is 3.46. The average Bonchev–Trinajstić information content (AvgIpc) is 2.51. The maximum absolute atomic E-state index is 4.34. The van der Waals surface area contributed by atoms with E-state index in [9.17, 15) is 0 Å². The maximum atomic E-state index is 4.34. The Kier molecular flexibility index (Phi) is 4.46. The second-order valence-corrected chi connectivity index (χ2v) is 5.79. The Morgan fingerprint density at radius 2 is 1.95 bits per heavy atom. The van der Waals surface area contributed by atoms with Crippen molar-refractivity contribution in [1.82, 2.24) is 14.9 Å². The van der Waals surface area contributed by atoms with Crippen molar-refractivity contribution < 1.29 is 0 Å². The monoisotopic (exact) mass is 282 g/mol. The van der Waals surface area contributed by atoms with Crippen molar-refractivity contribution in [1.29, 1.82) is 0 Å². The highest BCUT2D eigenvalue weighted by Gasteiger charge is 2.20. The Morgan fingerprint density at radius 3 is 2.71 bits per heavy atom. The number of anilines is 1. The van der Waals surface area contributed by atoms with Crippen molar-refractivity contribution in [3.8, 4) is 0 Å². The Labute approximate surface area is 126 Å². The normalized spacial score (nSPS) is 19.4. The number of rotatable bonds is 4. The average molecular weight is 282 g/mol. The lowest BCUT2D eigenvalue weighted by Gasteiger charge is -2.33. The molecule has 0 saturated carbocycles. The molecule has 1 unspecified atom stereocenters. The van der Waals surface area contributed by atoms with Gasteiger partial charge in [0.25, 0.3) is 0 Å². The lowest BCUT2D eigenvalue weighted by atomic mass is 10.0. The van der Waals surface area contributed by atoms with Gasteiger partial charge in [-0.3, -0.25) is 4.90 Å². The smallest absolute Gasteiger partial charge is 0.222 e. The van der Waals surface area contributed by atoms with Crippen LogP contribution in [-0.4, -0.2) is 34.0 Å². The zero-order valence-electron chi connectivity index (χ0n) is 12.5. The molecule has 2 heterocycles. The van der Waals surface area contributed by atoms with Crippen LogP contribution in [0.3, 0.4) is 0 Å². The highest BCUT2D eigenvalue weighted by molar-refractivity contribution is 5.26. The van der Waals surface area contributed by atoms with E-state index in [2.05, 4.69) is 50.5 Å². The number of aromatic nitrogens is 2. The zero-order chi connectivity index (χ0) is 14.5. The van der Waals surface area contributed by atoms with E-state index in [-0.39, 0.29) is 0 Å². The van der Waals surface area contributed by atoms with Gasteiger partial charge in [-0.25, -0.2) is 9.97 Å². The molecule has 0 bridgehead atoms. The number of piperidine rings is 1. The third-order valence-corrected chi connectivity index (χ3v) is 3.87. The van der Waals surface area contributed by atoms with Gasteiger partial charge in [-0.1, -0.05) is 30.3 Å². The van der Waals surface area contributed by atoms with Crippen LogP contribution in [0.25, 0.3) is 0 Å². The summed E-state index contributed by atoms with van der Waals surface area (Å²) in [6, 6.07) is 11.1. The lowest BCUT2D eigenvalue weighted by Crippen LogP contribution is -2.41. The molecule has 1 aromatic heterocycles. The number of hydrogen-bond acceptors (Lipinski definition) is 4. The molecule has 110 valence electrons. The number of nitrogens with zero attached hydrogens (tertiary/aromatic N) is 3. The molecule has 1 fully saturated rings. The van der Waals surface area contributed by atoms with Crippen LogP contribution >= 0.6 is 0 Å². The minimum absolute atomic E-state index is 0.435. The second-order valence-electron chi connectivity index (χ2n) is 5.79. The van der Waals surface area contributed by atoms with Gasteiger partial charge in [0.15, 0.2) is 0 Å². The first-order valence-electron chi connectivity index (χ1n) is 7.61. The molecule has 1 aliphatic heterocycles. The van der Waals surface area contributed by atoms with Crippen molar-refractivity contribution in [3.63, 3.8) is 0 Å². The number of nitrogens with one attached hydrogen (secondary N) is 1. The highest BCUT2D eigenvalue weighted by atomic mass is 15.2. The van der Waals surface area contributed by atoms with Crippen molar-refractivity contribution in [3.05, 3.63) is 53.9 Å². The molecule has 1 atom stereocenters. The van der Waals surface area contributed by atoms with Crippen LogP contribution in [0.4, 0.5) is 5.95 Å². The van der Waals surface area contributed by atoms with Gasteiger partial charge in [-0.05, 0) is 37.4 Å². The largest absolute Gasteiger partial charge is 0.350 e. The molecule has 1 aliphatic rings. The molecule has 3 rings (SSSR count). The molecule has 2 aromatic rings. The molecule has 0 aliphatic carbocycles. The first-order valence-corrected chi connectivity index (χ1v) is 7.61. The fraction of sp³-hybridized carbons (Fsp3) is 0.412. The lowest BCUT2D eigenvalue weighted by molar-refractivity contribution is 0.208. The summed E-state index contributed by atoms with van der Waals surface area (Å²) in [6.45, 7) is 5.24. The van der Waals surface area contributed by atoms with Gasteiger partial charge in [0.1, 0.15) is 0 Å². The zero-order valence-corrected chi connectivity index (χ0v) is 12.5. The van der Waals surface area contributed by atoms with Crippen LogP contribution in [0.1, 0.15) is 24.0 Å². The third-order valence-electron chi connectivity index (χ3n) is 3.87. The summed E-state index contributed by atoms with van der Waals surface area (Å²) < 4.78 is 0. The van der Waals surface area contributed by atoms with Crippen molar-refractivity contribution in [2.75, 3.05) is 18.4 Å². The predicted octanol–water partition coefficient (Wildman–Crippen LogP) is 2.86. The SMILES string of the molecule is Cc1cnc(NC2CCCN(Cc3ccccc3)C2)nc1. The van der Waals surface area contributed by atoms with Gasteiger partial charge in [-0.15, -0.1) is 0 Å². The fourth-order valence-electron chi connectivity index (χ4n) is 2.81. The van der Waals surface area contributed by atoms with E-state index in [1.807, 2.05) is 19.3 Å². The van der Waals surface area contributed by atoms with Gasteiger partial charge in [0, 0.05) is 31.5 Å². The van der Waals surface area contributed by atoms with E-state index in [0.29, 0.717) is 6.04 Å². The van der Waals surface area contributed by atoms with Gasteiger partial charge in [0.2, 0.25) is 5.95 Å². The van der Waals surface area contributed by atoms with E-state index in [0.717, 1.165) is 24.6 Å².